The number of likely N-dealkylation sites (N-methyl/N-ethyl adjacent to an activating group) is 1. The molecule has 0 aliphatic carbocycles. The van der Waals surface area contributed by atoms with Crippen LogP contribution >= 0.6 is 0 Å². The van der Waals surface area contributed by atoms with Gasteiger partial charge in [-0.15, -0.1) is 0 Å². The quantitative estimate of drug-likeness (QED) is 0.888. The zero-order valence-electron chi connectivity index (χ0n) is 11.5. The average molecular weight is 266 g/mol. The third kappa shape index (κ3) is 4.27. The summed E-state index contributed by atoms with van der Waals surface area (Å²) in [6, 6.07) is 6.46. The molecule has 0 radical (unpaired) electrons. The molecule has 2 N–H and O–H groups in total. The van der Waals surface area contributed by atoms with Crippen LogP contribution in [0.4, 0.5) is 4.39 Å². The van der Waals surface area contributed by atoms with Gasteiger partial charge in [-0.3, -0.25) is 0 Å². The number of nitrogens with zero attached hydrogens (tertiary/aromatic N) is 1. The van der Waals surface area contributed by atoms with E-state index in [4.69, 9.17) is 10.5 Å². The Morgan fingerprint density at radius 2 is 2.26 bits per heavy atom. The first-order valence-electron chi connectivity index (χ1n) is 6.93. The predicted molar refractivity (Wildman–Crippen MR) is 74.4 cm³/mol. The Morgan fingerprint density at radius 3 is 2.95 bits per heavy atom. The van der Waals surface area contributed by atoms with Crippen LogP contribution in [0.5, 0.6) is 0 Å². The largest absolute Gasteiger partial charge is 0.381 e. The molecule has 1 aromatic carbocycles. The molecule has 2 unspecified atom stereocenters. The highest BCUT2D eigenvalue weighted by atomic mass is 19.1. The minimum Gasteiger partial charge on any atom is -0.381 e. The van der Waals surface area contributed by atoms with Gasteiger partial charge < -0.3 is 15.4 Å². The monoisotopic (exact) mass is 266 g/mol. The highest BCUT2D eigenvalue weighted by molar-refractivity contribution is 5.21. The van der Waals surface area contributed by atoms with Crippen molar-refractivity contribution in [3.63, 3.8) is 0 Å². The van der Waals surface area contributed by atoms with Gasteiger partial charge in [0.05, 0.1) is 6.61 Å². The van der Waals surface area contributed by atoms with Crippen molar-refractivity contribution in [3.8, 4) is 0 Å². The maximum absolute atomic E-state index is 13.6. The van der Waals surface area contributed by atoms with Crippen molar-refractivity contribution in [2.24, 2.45) is 11.7 Å². The van der Waals surface area contributed by atoms with E-state index in [0.29, 0.717) is 18.0 Å². The van der Waals surface area contributed by atoms with E-state index in [1.807, 2.05) is 13.1 Å². The van der Waals surface area contributed by atoms with Crippen molar-refractivity contribution in [3.05, 3.63) is 35.6 Å². The molecule has 1 saturated heterocycles. The van der Waals surface area contributed by atoms with Crippen LogP contribution in [0.2, 0.25) is 0 Å². The highest BCUT2D eigenvalue weighted by Gasteiger charge is 2.18. The lowest BCUT2D eigenvalue weighted by Crippen LogP contribution is -2.35. The van der Waals surface area contributed by atoms with E-state index in [-0.39, 0.29) is 11.9 Å². The van der Waals surface area contributed by atoms with Gasteiger partial charge in [0, 0.05) is 31.3 Å². The molecule has 0 amide bonds. The van der Waals surface area contributed by atoms with Crippen molar-refractivity contribution >= 4 is 0 Å². The van der Waals surface area contributed by atoms with Gasteiger partial charge in [0.15, 0.2) is 0 Å². The van der Waals surface area contributed by atoms with Crippen LogP contribution in [0.25, 0.3) is 0 Å². The van der Waals surface area contributed by atoms with Gasteiger partial charge in [-0.1, -0.05) is 18.2 Å². The fourth-order valence-electron chi connectivity index (χ4n) is 2.68. The summed E-state index contributed by atoms with van der Waals surface area (Å²) >= 11 is 0. The molecule has 3 nitrogen and oxygen atoms in total. The normalized spacial score (nSPS) is 21.6. The summed E-state index contributed by atoms with van der Waals surface area (Å²) in [5, 5.41) is 0. The van der Waals surface area contributed by atoms with Crippen molar-refractivity contribution in [1.29, 1.82) is 0 Å². The summed E-state index contributed by atoms with van der Waals surface area (Å²) in [5.74, 6) is 0.357. The van der Waals surface area contributed by atoms with Crippen LogP contribution in [0, 0.1) is 11.7 Å². The predicted octanol–water partition coefficient (Wildman–Crippen LogP) is 2.18. The topological polar surface area (TPSA) is 38.5 Å². The molecule has 2 rings (SSSR count). The number of rotatable bonds is 5. The van der Waals surface area contributed by atoms with Crippen LogP contribution in [0.3, 0.4) is 0 Å². The molecular formula is C15H23FN2O. The van der Waals surface area contributed by atoms with Gasteiger partial charge in [-0.2, -0.15) is 0 Å². The van der Waals surface area contributed by atoms with Crippen molar-refractivity contribution < 1.29 is 9.13 Å². The molecule has 106 valence electrons. The first kappa shape index (κ1) is 14.4. The zero-order valence-corrected chi connectivity index (χ0v) is 11.5. The summed E-state index contributed by atoms with van der Waals surface area (Å²) in [7, 11) is 2.04. The van der Waals surface area contributed by atoms with E-state index in [1.165, 1.54) is 12.5 Å². The number of benzene rings is 1. The Kier molecular flexibility index (Phi) is 5.31. The second-order valence-corrected chi connectivity index (χ2v) is 5.43. The average Bonchev–Trinajstić information content (AvgIpc) is 2.40. The van der Waals surface area contributed by atoms with Gasteiger partial charge in [0.1, 0.15) is 5.82 Å². The molecule has 0 aromatic heterocycles. The number of halogens is 1. The summed E-state index contributed by atoms with van der Waals surface area (Å²) in [4.78, 5) is 2.18. The summed E-state index contributed by atoms with van der Waals surface area (Å²) in [6.07, 6.45) is 2.34. The molecule has 4 heteroatoms. The first-order chi connectivity index (χ1) is 9.16. The standard InChI is InChI=1S/C15H23FN2O/c1-18(9-12-5-4-8-19-11-12)10-15(17)13-6-2-3-7-14(13)16/h2-3,6-7,12,15H,4-5,8-11,17H2,1H3. The van der Waals surface area contributed by atoms with Crippen molar-refractivity contribution in [2.75, 3.05) is 33.4 Å². The van der Waals surface area contributed by atoms with E-state index in [0.717, 1.165) is 26.2 Å². The second kappa shape index (κ2) is 6.98. The molecule has 1 heterocycles. The Hall–Kier alpha value is -0.970. The van der Waals surface area contributed by atoms with E-state index >= 15 is 0 Å². The number of nitrogens with two attached hydrogens (primary N) is 1. The molecule has 19 heavy (non-hydrogen) atoms. The van der Waals surface area contributed by atoms with Crippen LogP contribution < -0.4 is 5.73 Å². The van der Waals surface area contributed by atoms with E-state index < -0.39 is 0 Å². The van der Waals surface area contributed by atoms with E-state index in [9.17, 15) is 4.39 Å². The Balaban J connectivity index is 1.84. The number of ether oxygens (including phenoxy) is 1. The fraction of sp³-hybridized carbons (Fsp3) is 0.600. The summed E-state index contributed by atoms with van der Waals surface area (Å²) in [5.41, 5.74) is 6.68. The van der Waals surface area contributed by atoms with Crippen molar-refractivity contribution in [1.82, 2.24) is 4.90 Å². The van der Waals surface area contributed by atoms with Gasteiger partial charge in [0.2, 0.25) is 0 Å². The number of hydrogen-bond acceptors (Lipinski definition) is 3. The van der Waals surface area contributed by atoms with E-state index in [1.54, 1.807) is 12.1 Å². The highest BCUT2D eigenvalue weighted by Crippen LogP contribution is 2.18. The van der Waals surface area contributed by atoms with E-state index in [2.05, 4.69) is 4.90 Å². The Bertz CT molecular complexity index is 393. The first-order valence-corrected chi connectivity index (χ1v) is 6.93. The van der Waals surface area contributed by atoms with Gasteiger partial charge in [-0.25, -0.2) is 4.39 Å². The maximum atomic E-state index is 13.6. The van der Waals surface area contributed by atoms with Crippen molar-refractivity contribution in [2.45, 2.75) is 18.9 Å². The minimum atomic E-state index is -0.282. The molecule has 1 aliphatic rings. The summed E-state index contributed by atoms with van der Waals surface area (Å²) in [6.45, 7) is 3.34. The second-order valence-electron chi connectivity index (χ2n) is 5.43. The third-order valence-corrected chi connectivity index (χ3v) is 3.64. The molecule has 2 atom stereocenters. The van der Waals surface area contributed by atoms with Crippen LogP contribution in [0.15, 0.2) is 24.3 Å². The van der Waals surface area contributed by atoms with Crippen LogP contribution in [0.1, 0.15) is 24.4 Å². The Labute approximate surface area is 114 Å². The Morgan fingerprint density at radius 1 is 1.47 bits per heavy atom. The lowest BCUT2D eigenvalue weighted by Gasteiger charge is -2.28. The lowest BCUT2D eigenvalue weighted by atomic mass is 10.0. The molecule has 1 aliphatic heterocycles. The number of hydrogen-bond donors (Lipinski definition) is 1. The van der Waals surface area contributed by atoms with Crippen LogP contribution in [-0.2, 0) is 4.74 Å². The van der Waals surface area contributed by atoms with Gasteiger partial charge in [-0.05, 0) is 31.9 Å². The minimum absolute atomic E-state index is 0.218. The molecule has 0 spiro atoms. The molecular weight excluding hydrogens is 243 g/mol. The fourth-order valence-corrected chi connectivity index (χ4v) is 2.68. The SMILES string of the molecule is CN(CC1CCCOC1)CC(N)c1ccccc1F. The summed E-state index contributed by atoms with van der Waals surface area (Å²) < 4.78 is 19.1. The third-order valence-electron chi connectivity index (χ3n) is 3.64. The van der Waals surface area contributed by atoms with Gasteiger partial charge in [0.25, 0.3) is 0 Å². The molecule has 1 aromatic rings. The van der Waals surface area contributed by atoms with Crippen LogP contribution in [-0.4, -0.2) is 38.3 Å². The molecule has 0 bridgehead atoms. The van der Waals surface area contributed by atoms with Gasteiger partial charge >= 0.3 is 0 Å². The lowest BCUT2D eigenvalue weighted by molar-refractivity contribution is 0.0414. The molecule has 1 fully saturated rings. The molecule has 0 saturated carbocycles. The maximum Gasteiger partial charge on any atom is 0.128 e. The zero-order chi connectivity index (χ0) is 13.7. The smallest absolute Gasteiger partial charge is 0.128 e.